The number of carbonyl (C=O) groups excluding carboxylic acids is 2. The van der Waals surface area contributed by atoms with E-state index in [2.05, 4.69) is 30.9 Å². The number of rotatable bonds is 6. The van der Waals surface area contributed by atoms with Crippen molar-refractivity contribution in [1.29, 1.82) is 0 Å². The lowest BCUT2D eigenvalue weighted by Gasteiger charge is -2.31. The number of halogens is 1. The molecule has 0 bridgehead atoms. The van der Waals surface area contributed by atoms with E-state index in [0.717, 1.165) is 0 Å². The van der Waals surface area contributed by atoms with E-state index in [4.69, 9.17) is 11.6 Å². The molecular weight excluding hydrogens is 394 g/mol. The summed E-state index contributed by atoms with van der Waals surface area (Å²) in [5.41, 5.74) is 0.639. The summed E-state index contributed by atoms with van der Waals surface area (Å²) in [5.74, 6) is 0.0707. The number of carbonyl (C=O) groups is 2. The highest BCUT2D eigenvalue weighted by atomic mass is 35.5. The number of amides is 2. The van der Waals surface area contributed by atoms with Gasteiger partial charge in [0.25, 0.3) is 5.91 Å². The van der Waals surface area contributed by atoms with E-state index < -0.39 is 0 Å². The maximum Gasteiger partial charge on any atom is 0.253 e. The fraction of sp³-hybridized carbons (Fsp3) is 0.429. The van der Waals surface area contributed by atoms with Crippen LogP contribution in [0.3, 0.4) is 0 Å². The number of nitrogens with zero attached hydrogens (tertiary/aromatic N) is 1. The third kappa shape index (κ3) is 5.13. The molecule has 2 heterocycles. The first-order valence-electron chi connectivity index (χ1n) is 9.61. The second kappa shape index (κ2) is 9.54. The number of likely N-dealkylation sites (tertiary alicyclic amines) is 1. The lowest BCUT2D eigenvalue weighted by molar-refractivity contribution is -0.890. The minimum Gasteiger partial charge on any atom is -0.349 e. The van der Waals surface area contributed by atoms with Gasteiger partial charge in [0, 0.05) is 29.6 Å². The SMILES string of the molecule is C[NH+](C)[C@H](CNC(=O)C1CCN(C(=O)c2ccc(Cl)cc2)CC1)c1cccs1. The maximum absolute atomic E-state index is 12.6. The van der Waals surface area contributed by atoms with Crippen LogP contribution in [0, 0.1) is 5.92 Å². The van der Waals surface area contributed by atoms with Crippen LogP contribution in [0.15, 0.2) is 41.8 Å². The van der Waals surface area contributed by atoms with Crippen molar-refractivity contribution in [3.63, 3.8) is 0 Å². The summed E-state index contributed by atoms with van der Waals surface area (Å²) >= 11 is 7.61. The highest BCUT2D eigenvalue weighted by Crippen LogP contribution is 2.21. The molecule has 1 aliphatic rings. The van der Waals surface area contributed by atoms with Crippen molar-refractivity contribution < 1.29 is 14.5 Å². The number of likely N-dealkylation sites (N-methyl/N-ethyl adjacent to an activating group) is 1. The normalized spacial score (nSPS) is 16.2. The van der Waals surface area contributed by atoms with Crippen molar-refractivity contribution in [3.8, 4) is 0 Å². The van der Waals surface area contributed by atoms with Gasteiger partial charge in [-0.25, -0.2) is 0 Å². The molecule has 2 amide bonds. The average Bonchev–Trinajstić information content (AvgIpc) is 3.22. The average molecular weight is 421 g/mol. The quantitative estimate of drug-likeness (QED) is 0.753. The summed E-state index contributed by atoms with van der Waals surface area (Å²) in [6.45, 7) is 1.84. The molecule has 7 heteroatoms. The third-order valence-corrected chi connectivity index (χ3v) is 6.55. The number of benzene rings is 1. The van der Waals surface area contributed by atoms with Crippen LogP contribution in [0.25, 0.3) is 0 Å². The number of thiophene rings is 1. The molecule has 150 valence electrons. The van der Waals surface area contributed by atoms with Gasteiger partial charge in [-0.15, -0.1) is 11.3 Å². The van der Waals surface area contributed by atoms with Crippen LogP contribution in [0.2, 0.25) is 5.02 Å². The molecule has 1 atom stereocenters. The minimum atomic E-state index is -0.0320. The molecule has 3 rings (SSSR count). The molecule has 5 nitrogen and oxygen atoms in total. The molecule has 1 aromatic carbocycles. The molecule has 0 unspecified atom stereocenters. The fourth-order valence-electron chi connectivity index (χ4n) is 3.55. The van der Waals surface area contributed by atoms with Crippen molar-refractivity contribution >= 4 is 34.8 Å². The summed E-state index contributed by atoms with van der Waals surface area (Å²) in [7, 11) is 4.22. The highest BCUT2D eigenvalue weighted by molar-refractivity contribution is 7.10. The molecule has 1 aromatic heterocycles. The van der Waals surface area contributed by atoms with Crippen LogP contribution in [-0.4, -0.2) is 50.4 Å². The Morgan fingerprint density at radius 3 is 2.46 bits per heavy atom. The Morgan fingerprint density at radius 1 is 1.21 bits per heavy atom. The largest absolute Gasteiger partial charge is 0.349 e. The molecule has 0 aliphatic carbocycles. The molecule has 28 heavy (non-hydrogen) atoms. The summed E-state index contributed by atoms with van der Waals surface area (Å²) in [5, 5.41) is 5.82. The molecule has 0 saturated carbocycles. The van der Waals surface area contributed by atoms with E-state index in [0.29, 0.717) is 43.1 Å². The topological polar surface area (TPSA) is 53.9 Å². The smallest absolute Gasteiger partial charge is 0.253 e. The molecule has 0 spiro atoms. The molecule has 0 radical (unpaired) electrons. The Balaban J connectivity index is 1.49. The van der Waals surface area contributed by atoms with E-state index in [1.165, 1.54) is 9.78 Å². The Morgan fingerprint density at radius 2 is 1.89 bits per heavy atom. The maximum atomic E-state index is 12.6. The van der Waals surface area contributed by atoms with Crippen molar-refractivity contribution in [1.82, 2.24) is 10.2 Å². The van der Waals surface area contributed by atoms with E-state index >= 15 is 0 Å². The van der Waals surface area contributed by atoms with Crippen molar-refractivity contribution in [3.05, 3.63) is 57.2 Å². The second-order valence-corrected chi connectivity index (χ2v) is 8.88. The monoisotopic (exact) mass is 420 g/mol. The van der Waals surface area contributed by atoms with Gasteiger partial charge in [-0.3, -0.25) is 9.59 Å². The van der Waals surface area contributed by atoms with Crippen LogP contribution in [0.5, 0.6) is 0 Å². The first-order valence-corrected chi connectivity index (χ1v) is 10.9. The number of piperidine rings is 1. The van der Waals surface area contributed by atoms with Crippen LogP contribution >= 0.6 is 22.9 Å². The van der Waals surface area contributed by atoms with Gasteiger partial charge < -0.3 is 15.1 Å². The minimum absolute atomic E-state index is 0.00416. The molecule has 1 aliphatic heterocycles. The Labute approximate surface area is 175 Å². The number of hydrogen-bond donors (Lipinski definition) is 2. The first kappa shape index (κ1) is 20.8. The van der Waals surface area contributed by atoms with Crippen LogP contribution in [0.1, 0.15) is 34.1 Å². The van der Waals surface area contributed by atoms with Gasteiger partial charge in [-0.05, 0) is 48.6 Å². The van der Waals surface area contributed by atoms with Gasteiger partial charge in [-0.1, -0.05) is 17.7 Å². The number of quaternary nitrogens is 1. The summed E-state index contributed by atoms with van der Waals surface area (Å²) in [4.78, 5) is 29.6. The Kier molecular flexibility index (Phi) is 7.10. The van der Waals surface area contributed by atoms with Gasteiger partial charge in [0.15, 0.2) is 0 Å². The zero-order chi connectivity index (χ0) is 20.1. The predicted octanol–water partition coefficient (Wildman–Crippen LogP) is 2.26. The van der Waals surface area contributed by atoms with Crippen LogP contribution in [-0.2, 0) is 4.79 Å². The third-order valence-electron chi connectivity index (χ3n) is 5.31. The fourth-order valence-corrected chi connectivity index (χ4v) is 4.63. The molecule has 1 fully saturated rings. The first-order chi connectivity index (χ1) is 13.5. The van der Waals surface area contributed by atoms with Gasteiger partial charge in [-0.2, -0.15) is 0 Å². The van der Waals surface area contributed by atoms with E-state index in [9.17, 15) is 9.59 Å². The Bertz CT molecular complexity index is 784. The van der Waals surface area contributed by atoms with Gasteiger partial charge in [0.05, 0.1) is 25.5 Å². The van der Waals surface area contributed by atoms with Crippen LogP contribution in [0.4, 0.5) is 0 Å². The summed E-state index contributed by atoms with van der Waals surface area (Å²) in [6, 6.07) is 11.4. The zero-order valence-electron chi connectivity index (χ0n) is 16.3. The van der Waals surface area contributed by atoms with Crippen molar-refractivity contribution in [2.75, 3.05) is 33.7 Å². The Hall–Kier alpha value is -1.89. The van der Waals surface area contributed by atoms with Gasteiger partial charge >= 0.3 is 0 Å². The lowest BCUT2D eigenvalue weighted by atomic mass is 9.95. The molecular formula is C21H27ClN3O2S+. The standard InChI is InChI=1S/C21H26ClN3O2S/c1-24(2)18(19-4-3-13-28-19)14-23-20(26)15-9-11-25(12-10-15)21(27)16-5-7-17(22)8-6-16/h3-8,13,15,18H,9-12,14H2,1-2H3,(H,23,26)/p+1/t18-/m1/s1. The second-order valence-electron chi connectivity index (χ2n) is 7.46. The van der Waals surface area contributed by atoms with E-state index in [1.54, 1.807) is 35.6 Å². The van der Waals surface area contributed by atoms with Crippen LogP contribution < -0.4 is 10.2 Å². The summed E-state index contributed by atoms with van der Waals surface area (Å²) < 4.78 is 0. The van der Waals surface area contributed by atoms with Crippen molar-refractivity contribution in [2.45, 2.75) is 18.9 Å². The van der Waals surface area contributed by atoms with E-state index in [1.807, 2.05) is 11.0 Å². The molecule has 1 saturated heterocycles. The van der Waals surface area contributed by atoms with Crippen molar-refractivity contribution in [2.24, 2.45) is 5.92 Å². The molecule has 2 N–H and O–H groups in total. The number of nitrogens with one attached hydrogen (secondary N) is 2. The van der Waals surface area contributed by atoms with Gasteiger partial charge in [0.2, 0.25) is 5.91 Å². The highest BCUT2D eigenvalue weighted by Gasteiger charge is 2.29. The lowest BCUT2D eigenvalue weighted by Crippen LogP contribution is -3.06. The van der Waals surface area contributed by atoms with Gasteiger partial charge in [0.1, 0.15) is 6.04 Å². The zero-order valence-corrected chi connectivity index (χ0v) is 17.9. The van der Waals surface area contributed by atoms with E-state index in [-0.39, 0.29) is 23.8 Å². The number of hydrogen-bond acceptors (Lipinski definition) is 3. The summed E-state index contributed by atoms with van der Waals surface area (Å²) in [6.07, 6.45) is 1.40. The predicted molar refractivity (Wildman–Crippen MR) is 113 cm³/mol. The molecule has 2 aromatic rings.